The van der Waals surface area contributed by atoms with Crippen LogP contribution < -0.4 is 10.6 Å². The third-order valence-corrected chi connectivity index (χ3v) is 2.62. The average Bonchev–Trinajstić information content (AvgIpc) is 2.16. The van der Waals surface area contributed by atoms with Gasteiger partial charge in [-0.15, -0.1) is 0 Å². The Morgan fingerprint density at radius 1 is 1.29 bits per heavy atom. The summed E-state index contributed by atoms with van der Waals surface area (Å²) >= 11 is 0. The Kier molecular flexibility index (Phi) is 2.52. The summed E-state index contributed by atoms with van der Waals surface area (Å²) in [6, 6.07) is 0.589. The van der Waals surface area contributed by atoms with E-state index in [1.807, 2.05) is 7.05 Å². The lowest BCUT2D eigenvalue weighted by molar-refractivity contribution is 0.308. The van der Waals surface area contributed by atoms with Gasteiger partial charge in [0.1, 0.15) is 11.6 Å². The number of hydrogen-bond acceptors (Lipinski definition) is 4. The van der Waals surface area contributed by atoms with E-state index < -0.39 is 0 Å². The lowest BCUT2D eigenvalue weighted by atomic mass is 9.82. The molecule has 1 aliphatic carbocycles. The maximum Gasteiger partial charge on any atom is 0.147 e. The van der Waals surface area contributed by atoms with Crippen LogP contribution in [0.15, 0.2) is 12.4 Å². The van der Waals surface area contributed by atoms with Crippen molar-refractivity contribution in [2.24, 2.45) is 5.92 Å². The van der Waals surface area contributed by atoms with Gasteiger partial charge in [0.25, 0.3) is 0 Å². The number of anilines is 2. The van der Waals surface area contributed by atoms with Crippen LogP contribution in [0.4, 0.5) is 11.6 Å². The highest BCUT2D eigenvalue weighted by atomic mass is 15.1. The van der Waals surface area contributed by atoms with Crippen LogP contribution in [0.3, 0.4) is 0 Å². The van der Waals surface area contributed by atoms with Crippen molar-refractivity contribution in [2.45, 2.75) is 25.8 Å². The monoisotopic (exact) mass is 192 g/mol. The molecule has 76 valence electrons. The third kappa shape index (κ3) is 1.95. The van der Waals surface area contributed by atoms with Crippen molar-refractivity contribution in [3.05, 3.63) is 12.4 Å². The molecule has 2 rings (SSSR count). The summed E-state index contributed by atoms with van der Waals surface area (Å²) in [5, 5.41) is 6.34. The minimum atomic E-state index is 0.589. The lowest BCUT2D eigenvalue weighted by Crippen LogP contribution is -2.34. The summed E-state index contributed by atoms with van der Waals surface area (Å²) in [7, 11) is 1.85. The van der Waals surface area contributed by atoms with Gasteiger partial charge in [-0.2, -0.15) is 0 Å². The highest BCUT2D eigenvalue weighted by Gasteiger charge is 2.25. The first kappa shape index (κ1) is 9.24. The van der Waals surface area contributed by atoms with Gasteiger partial charge < -0.3 is 10.6 Å². The topological polar surface area (TPSA) is 49.8 Å². The molecule has 1 saturated carbocycles. The second-order valence-corrected chi connectivity index (χ2v) is 3.96. The normalized spacial score (nSPS) is 25.3. The standard InChI is InChI=1S/C10H16N4/c1-7-3-8(4-7)13-10-6-12-5-9(11-2)14-10/h5-8H,3-4H2,1-2H3,(H2,11,13,14). The molecule has 0 amide bonds. The number of aromatic nitrogens is 2. The highest BCUT2D eigenvalue weighted by molar-refractivity contribution is 5.41. The van der Waals surface area contributed by atoms with Crippen molar-refractivity contribution < 1.29 is 0 Å². The van der Waals surface area contributed by atoms with Gasteiger partial charge in [0.15, 0.2) is 0 Å². The van der Waals surface area contributed by atoms with Gasteiger partial charge in [-0.3, -0.25) is 4.98 Å². The highest BCUT2D eigenvalue weighted by Crippen LogP contribution is 2.28. The van der Waals surface area contributed by atoms with Crippen LogP contribution in [0.25, 0.3) is 0 Å². The minimum Gasteiger partial charge on any atom is -0.372 e. The minimum absolute atomic E-state index is 0.589. The fourth-order valence-electron chi connectivity index (χ4n) is 1.79. The molecule has 0 aliphatic heterocycles. The predicted molar refractivity (Wildman–Crippen MR) is 57.4 cm³/mol. The quantitative estimate of drug-likeness (QED) is 0.765. The Morgan fingerprint density at radius 3 is 2.64 bits per heavy atom. The van der Waals surface area contributed by atoms with Crippen LogP contribution in [0, 0.1) is 5.92 Å². The second kappa shape index (κ2) is 3.82. The van der Waals surface area contributed by atoms with E-state index in [0.29, 0.717) is 6.04 Å². The van der Waals surface area contributed by atoms with Gasteiger partial charge in [-0.25, -0.2) is 4.98 Å². The van der Waals surface area contributed by atoms with E-state index in [-0.39, 0.29) is 0 Å². The van der Waals surface area contributed by atoms with E-state index in [1.165, 1.54) is 12.8 Å². The molecule has 1 aliphatic rings. The first-order valence-electron chi connectivity index (χ1n) is 5.04. The summed E-state index contributed by atoms with van der Waals surface area (Å²) in [5.74, 6) is 2.53. The molecular weight excluding hydrogens is 176 g/mol. The van der Waals surface area contributed by atoms with Crippen LogP contribution in [-0.2, 0) is 0 Å². The summed E-state index contributed by atoms with van der Waals surface area (Å²) in [5.41, 5.74) is 0. The van der Waals surface area contributed by atoms with Crippen molar-refractivity contribution in [1.82, 2.24) is 9.97 Å². The molecule has 14 heavy (non-hydrogen) atoms. The molecule has 1 heterocycles. The summed E-state index contributed by atoms with van der Waals surface area (Å²) in [6.07, 6.45) is 5.97. The smallest absolute Gasteiger partial charge is 0.147 e. The molecule has 1 aromatic rings. The molecule has 0 saturated heterocycles. The molecule has 0 bridgehead atoms. The van der Waals surface area contributed by atoms with Crippen LogP contribution in [-0.4, -0.2) is 23.1 Å². The van der Waals surface area contributed by atoms with Crippen LogP contribution >= 0.6 is 0 Å². The summed E-state index contributed by atoms with van der Waals surface area (Å²) < 4.78 is 0. The van der Waals surface area contributed by atoms with E-state index in [1.54, 1.807) is 12.4 Å². The number of nitrogens with zero attached hydrogens (tertiary/aromatic N) is 2. The van der Waals surface area contributed by atoms with Gasteiger partial charge in [0.05, 0.1) is 12.4 Å². The Bertz CT molecular complexity index is 307. The zero-order valence-electron chi connectivity index (χ0n) is 8.62. The van der Waals surface area contributed by atoms with Crippen LogP contribution in [0.1, 0.15) is 19.8 Å². The molecule has 1 aromatic heterocycles. The summed E-state index contributed by atoms with van der Waals surface area (Å²) in [4.78, 5) is 8.45. The van der Waals surface area contributed by atoms with E-state index >= 15 is 0 Å². The Morgan fingerprint density at radius 2 is 2.00 bits per heavy atom. The van der Waals surface area contributed by atoms with E-state index in [2.05, 4.69) is 27.5 Å². The predicted octanol–water partition coefficient (Wildman–Crippen LogP) is 1.73. The van der Waals surface area contributed by atoms with Gasteiger partial charge in [-0.1, -0.05) is 6.92 Å². The largest absolute Gasteiger partial charge is 0.372 e. The molecule has 2 N–H and O–H groups in total. The zero-order chi connectivity index (χ0) is 9.97. The number of rotatable bonds is 3. The lowest BCUT2D eigenvalue weighted by Gasteiger charge is -2.33. The van der Waals surface area contributed by atoms with E-state index in [4.69, 9.17) is 0 Å². The van der Waals surface area contributed by atoms with Gasteiger partial charge >= 0.3 is 0 Å². The molecule has 0 atom stereocenters. The van der Waals surface area contributed by atoms with Crippen molar-refractivity contribution in [3.8, 4) is 0 Å². The fourth-order valence-corrected chi connectivity index (χ4v) is 1.79. The van der Waals surface area contributed by atoms with Crippen molar-refractivity contribution in [1.29, 1.82) is 0 Å². The molecule has 0 unspecified atom stereocenters. The van der Waals surface area contributed by atoms with Crippen LogP contribution in [0.5, 0.6) is 0 Å². The third-order valence-electron chi connectivity index (χ3n) is 2.62. The SMILES string of the molecule is CNc1cncc(NC2CC(C)C2)n1. The van der Waals surface area contributed by atoms with E-state index in [0.717, 1.165) is 17.6 Å². The average molecular weight is 192 g/mol. The molecule has 0 aromatic carbocycles. The summed E-state index contributed by atoms with van der Waals surface area (Å²) in [6.45, 7) is 2.27. The van der Waals surface area contributed by atoms with Crippen molar-refractivity contribution in [3.63, 3.8) is 0 Å². The maximum atomic E-state index is 4.35. The van der Waals surface area contributed by atoms with Gasteiger partial charge in [0, 0.05) is 13.1 Å². The number of hydrogen-bond donors (Lipinski definition) is 2. The number of nitrogens with one attached hydrogen (secondary N) is 2. The first-order valence-corrected chi connectivity index (χ1v) is 5.04. The Balaban J connectivity index is 1.95. The fraction of sp³-hybridized carbons (Fsp3) is 0.600. The second-order valence-electron chi connectivity index (χ2n) is 3.96. The van der Waals surface area contributed by atoms with E-state index in [9.17, 15) is 0 Å². The maximum absolute atomic E-state index is 4.35. The molecule has 1 fully saturated rings. The van der Waals surface area contributed by atoms with Crippen molar-refractivity contribution >= 4 is 11.6 Å². The molecule has 0 spiro atoms. The molecule has 0 radical (unpaired) electrons. The van der Waals surface area contributed by atoms with Crippen LogP contribution in [0.2, 0.25) is 0 Å². The Labute approximate surface area is 84.2 Å². The van der Waals surface area contributed by atoms with Gasteiger partial charge in [0.2, 0.25) is 0 Å². The molecular formula is C10H16N4. The zero-order valence-corrected chi connectivity index (χ0v) is 8.62. The Hall–Kier alpha value is -1.32. The molecule has 4 nitrogen and oxygen atoms in total. The molecule has 4 heteroatoms. The van der Waals surface area contributed by atoms with Crippen molar-refractivity contribution in [2.75, 3.05) is 17.7 Å². The van der Waals surface area contributed by atoms with Gasteiger partial charge in [-0.05, 0) is 18.8 Å². The first-order chi connectivity index (χ1) is 6.78.